The minimum absolute atomic E-state index is 0.163. The third-order valence-electron chi connectivity index (χ3n) is 0.714. The van der Waals surface area contributed by atoms with Gasteiger partial charge in [-0.25, -0.2) is 0 Å². The van der Waals surface area contributed by atoms with Crippen molar-refractivity contribution in [2.75, 3.05) is 25.7 Å². The van der Waals surface area contributed by atoms with Crippen molar-refractivity contribution < 1.29 is 19.1 Å². The van der Waals surface area contributed by atoms with Crippen molar-refractivity contribution in [2.45, 2.75) is 9.88 Å². The number of carbonyl (C=O) groups excluding carboxylic acids is 2. The molecule has 0 aromatic carbocycles. The Morgan fingerprint density at radius 3 is 1.20 bits per heavy atom. The van der Waals surface area contributed by atoms with Crippen LogP contribution in [-0.4, -0.2) is 58.8 Å². The quantitative estimate of drug-likeness (QED) is 0.437. The summed E-state index contributed by atoms with van der Waals surface area (Å²) in [4.78, 5) is 24.4. The van der Waals surface area contributed by atoms with Crippen LogP contribution >= 0.6 is 25.3 Å². The first-order valence-corrected chi connectivity index (χ1v) is 10.9. The molecule has 0 aliphatic carbocycles. The molecule has 0 unspecified atom stereocenters. The van der Waals surface area contributed by atoms with Gasteiger partial charge >= 0.3 is 43.0 Å². The number of methoxy groups -OCH3 is 2. The number of ether oxygens (including phenoxy) is 2. The molecule has 0 saturated carbocycles. The molecule has 0 atom stereocenters. The average Bonchev–Trinajstić information content (AvgIpc) is 2.28. The first-order valence-electron chi connectivity index (χ1n) is 3.97. The third kappa shape index (κ3) is 31.4. The van der Waals surface area contributed by atoms with Gasteiger partial charge in [0, 0.05) is 0 Å². The Bertz CT molecular complexity index is 128. The second kappa shape index (κ2) is 19.9. The van der Waals surface area contributed by atoms with Crippen LogP contribution in [0, 0.1) is 0 Å². The Balaban J connectivity index is -0.000000153. The molecule has 0 saturated heterocycles. The van der Waals surface area contributed by atoms with Gasteiger partial charge in [0.2, 0.25) is 0 Å². The molecular formula is C8H18O4S2Sn. The van der Waals surface area contributed by atoms with E-state index in [1.165, 1.54) is 14.2 Å². The Labute approximate surface area is 113 Å². The van der Waals surface area contributed by atoms with Gasteiger partial charge in [-0.1, -0.05) is 0 Å². The standard InChI is InChI=1S/2C3H6O2S.2CH3.Sn/c2*1-5-3(4)2-6;;;/h2*6H,2H2,1H3;2*1H3;. The number of carbonyl (C=O) groups is 2. The number of hydrogen-bond donors (Lipinski definition) is 2. The van der Waals surface area contributed by atoms with Crippen LogP contribution in [0.15, 0.2) is 0 Å². The van der Waals surface area contributed by atoms with E-state index in [9.17, 15) is 9.59 Å². The van der Waals surface area contributed by atoms with Crippen LogP contribution in [0.25, 0.3) is 0 Å². The molecule has 4 nitrogen and oxygen atoms in total. The van der Waals surface area contributed by atoms with Crippen LogP contribution in [-0.2, 0) is 19.1 Å². The molecule has 0 aliphatic heterocycles. The Hall–Kier alpha value is 0.439. The van der Waals surface area contributed by atoms with Crippen molar-refractivity contribution in [3.05, 3.63) is 0 Å². The van der Waals surface area contributed by atoms with E-state index in [-0.39, 0.29) is 44.6 Å². The average molecular weight is 361 g/mol. The topological polar surface area (TPSA) is 52.6 Å². The molecule has 15 heavy (non-hydrogen) atoms. The van der Waals surface area contributed by atoms with E-state index in [1.807, 2.05) is 0 Å². The molecule has 0 fully saturated rings. The summed E-state index contributed by atoms with van der Waals surface area (Å²) in [6, 6.07) is 0. The van der Waals surface area contributed by atoms with Crippen LogP contribution in [0.5, 0.6) is 0 Å². The molecule has 0 heterocycles. The molecule has 2 radical (unpaired) electrons. The van der Waals surface area contributed by atoms with E-state index in [0.29, 0.717) is 0 Å². The van der Waals surface area contributed by atoms with Crippen LogP contribution < -0.4 is 0 Å². The van der Waals surface area contributed by atoms with Gasteiger partial charge in [0.15, 0.2) is 0 Å². The van der Waals surface area contributed by atoms with Crippen LogP contribution in [0.4, 0.5) is 0 Å². The summed E-state index contributed by atoms with van der Waals surface area (Å²) in [6.07, 6.45) is 0. The fraction of sp³-hybridized carbons (Fsp3) is 0.750. The van der Waals surface area contributed by atoms with E-state index < -0.39 is 0 Å². The molecule has 0 aromatic heterocycles. The van der Waals surface area contributed by atoms with E-state index in [1.54, 1.807) is 0 Å². The first kappa shape index (κ1) is 20.8. The van der Waals surface area contributed by atoms with Gasteiger partial charge in [0.25, 0.3) is 0 Å². The summed E-state index contributed by atoms with van der Waals surface area (Å²) in [5.74, 6) is -0.260. The number of hydrogen-bond acceptors (Lipinski definition) is 6. The predicted molar refractivity (Wildman–Crippen MR) is 69.2 cm³/mol. The molecule has 0 bridgehead atoms. The molecule has 0 aromatic rings. The van der Waals surface area contributed by atoms with E-state index in [4.69, 9.17) is 0 Å². The summed E-state index contributed by atoms with van der Waals surface area (Å²) >= 11 is 7.47. The molecule has 90 valence electrons. The Morgan fingerprint density at radius 2 is 1.20 bits per heavy atom. The van der Waals surface area contributed by atoms with Crippen molar-refractivity contribution >= 4 is 58.3 Å². The van der Waals surface area contributed by atoms with Gasteiger partial charge in [-0.15, -0.1) is 0 Å². The maximum atomic E-state index is 9.88. The molecule has 0 aliphatic rings. The van der Waals surface area contributed by atoms with Gasteiger partial charge in [-0.3, -0.25) is 9.59 Å². The molecular weight excluding hydrogens is 343 g/mol. The minimum atomic E-state index is -0.293. The summed E-state index contributed by atoms with van der Waals surface area (Å²) in [5.41, 5.74) is 0. The monoisotopic (exact) mass is 362 g/mol. The molecule has 0 spiro atoms. The number of thiol groups is 2. The van der Waals surface area contributed by atoms with Crippen molar-refractivity contribution in [1.82, 2.24) is 0 Å². The summed E-state index contributed by atoms with van der Waals surface area (Å²) < 4.78 is 8.37. The van der Waals surface area contributed by atoms with E-state index in [2.05, 4.69) is 44.6 Å². The zero-order valence-corrected chi connectivity index (χ0v) is 14.1. The second-order valence-corrected chi connectivity index (χ2v) is 5.46. The van der Waals surface area contributed by atoms with Crippen molar-refractivity contribution in [2.24, 2.45) is 0 Å². The normalized spacial score (nSPS) is 7.33. The molecule has 0 amide bonds. The summed E-state index contributed by atoms with van der Waals surface area (Å²) in [5, 5.41) is 0. The zero-order chi connectivity index (χ0) is 12.7. The fourth-order valence-corrected chi connectivity index (χ4v) is 0.387. The SMILES string of the molecule is COC(=O)CS.COC(=O)CS.[CH3][Sn][CH3]. The van der Waals surface area contributed by atoms with Gasteiger partial charge in [-0.05, 0) is 0 Å². The van der Waals surface area contributed by atoms with E-state index >= 15 is 0 Å². The van der Waals surface area contributed by atoms with Crippen molar-refractivity contribution in [1.29, 1.82) is 0 Å². The summed E-state index contributed by atoms with van der Waals surface area (Å²) in [6.45, 7) is 0. The van der Waals surface area contributed by atoms with Crippen LogP contribution in [0.2, 0.25) is 9.88 Å². The van der Waals surface area contributed by atoms with Crippen molar-refractivity contribution in [3.63, 3.8) is 0 Å². The van der Waals surface area contributed by atoms with Gasteiger partial charge in [-0.2, -0.15) is 25.3 Å². The third-order valence-corrected chi connectivity index (χ3v) is 1.23. The second-order valence-electron chi connectivity index (χ2n) is 1.97. The Kier molecular flexibility index (Phi) is 27.6. The van der Waals surface area contributed by atoms with Crippen molar-refractivity contribution in [3.8, 4) is 0 Å². The molecule has 0 N–H and O–H groups in total. The molecule has 7 heteroatoms. The van der Waals surface area contributed by atoms with E-state index in [0.717, 1.165) is 0 Å². The predicted octanol–water partition coefficient (Wildman–Crippen LogP) is 0.965. The summed E-state index contributed by atoms with van der Waals surface area (Å²) in [7, 11) is 2.66. The van der Waals surface area contributed by atoms with Crippen LogP contribution in [0.3, 0.4) is 0 Å². The molecule has 0 rings (SSSR count). The van der Waals surface area contributed by atoms with Crippen LogP contribution in [0.1, 0.15) is 0 Å². The Morgan fingerprint density at radius 1 is 1.00 bits per heavy atom. The first-order chi connectivity index (χ1) is 7.03. The van der Waals surface area contributed by atoms with Gasteiger partial charge < -0.3 is 9.47 Å². The maximum absolute atomic E-state index is 9.88. The van der Waals surface area contributed by atoms with Gasteiger partial charge in [0.05, 0.1) is 25.7 Å². The fourth-order valence-electron chi connectivity index (χ4n) is 0.129. The number of esters is 2. The zero-order valence-electron chi connectivity index (χ0n) is 9.44. The number of rotatable bonds is 2. The van der Waals surface area contributed by atoms with Gasteiger partial charge in [0.1, 0.15) is 0 Å².